The molecule has 1 aliphatic carbocycles. The minimum absolute atomic E-state index is 0.0562. The summed E-state index contributed by atoms with van der Waals surface area (Å²) in [6.07, 6.45) is 4.57. The van der Waals surface area contributed by atoms with Crippen LogP contribution in [0, 0.1) is 0 Å². The van der Waals surface area contributed by atoms with E-state index in [1.165, 1.54) is 0 Å². The van der Waals surface area contributed by atoms with Crippen molar-refractivity contribution in [2.45, 2.75) is 44.6 Å². The van der Waals surface area contributed by atoms with Crippen LogP contribution in [0.3, 0.4) is 0 Å². The van der Waals surface area contributed by atoms with Gasteiger partial charge < -0.3 is 14.6 Å². The van der Waals surface area contributed by atoms with E-state index in [0.717, 1.165) is 18.7 Å². The SMILES string of the molecule is CCCn1cc(OC2CC(O)C2OC)cn1. The highest BCUT2D eigenvalue weighted by atomic mass is 16.6. The Balaban J connectivity index is 1.89. The summed E-state index contributed by atoms with van der Waals surface area (Å²) in [5.74, 6) is 0.743. The number of aryl methyl sites for hydroxylation is 1. The van der Waals surface area contributed by atoms with Gasteiger partial charge in [0.2, 0.25) is 0 Å². The van der Waals surface area contributed by atoms with E-state index in [4.69, 9.17) is 9.47 Å². The van der Waals surface area contributed by atoms with E-state index >= 15 is 0 Å². The Labute approximate surface area is 95.0 Å². The van der Waals surface area contributed by atoms with Crippen molar-refractivity contribution in [1.29, 1.82) is 0 Å². The molecule has 2 rings (SSSR count). The topological polar surface area (TPSA) is 56.5 Å². The van der Waals surface area contributed by atoms with Crippen LogP contribution in [0.25, 0.3) is 0 Å². The van der Waals surface area contributed by atoms with E-state index in [0.29, 0.717) is 6.42 Å². The lowest BCUT2D eigenvalue weighted by Gasteiger charge is -2.39. The molecule has 16 heavy (non-hydrogen) atoms. The Morgan fingerprint density at radius 1 is 1.62 bits per heavy atom. The third-order valence-electron chi connectivity index (χ3n) is 2.84. The van der Waals surface area contributed by atoms with Crippen molar-refractivity contribution in [2.75, 3.05) is 7.11 Å². The summed E-state index contributed by atoms with van der Waals surface area (Å²) < 4.78 is 12.7. The fourth-order valence-corrected chi connectivity index (χ4v) is 1.91. The maximum atomic E-state index is 9.42. The van der Waals surface area contributed by atoms with Crippen LogP contribution in [0.4, 0.5) is 0 Å². The Morgan fingerprint density at radius 2 is 2.44 bits per heavy atom. The van der Waals surface area contributed by atoms with Crippen molar-refractivity contribution in [3.63, 3.8) is 0 Å². The smallest absolute Gasteiger partial charge is 0.157 e. The number of aliphatic hydroxyl groups excluding tert-OH is 1. The third kappa shape index (κ3) is 2.20. The van der Waals surface area contributed by atoms with Gasteiger partial charge in [-0.25, -0.2) is 0 Å². The Kier molecular flexibility index (Phi) is 3.46. The second-order valence-corrected chi connectivity index (χ2v) is 4.10. The number of hydrogen-bond acceptors (Lipinski definition) is 4. The zero-order valence-electron chi connectivity index (χ0n) is 9.67. The zero-order chi connectivity index (χ0) is 11.5. The summed E-state index contributed by atoms with van der Waals surface area (Å²) in [4.78, 5) is 0. The molecule has 0 spiro atoms. The lowest BCUT2D eigenvalue weighted by Crippen LogP contribution is -2.54. The first-order chi connectivity index (χ1) is 7.74. The molecule has 3 atom stereocenters. The van der Waals surface area contributed by atoms with Crippen LogP contribution in [0.2, 0.25) is 0 Å². The molecule has 0 aliphatic heterocycles. The normalized spacial score (nSPS) is 28.8. The van der Waals surface area contributed by atoms with Crippen molar-refractivity contribution < 1.29 is 14.6 Å². The van der Waals surface area contributed by atoms with Gasteiger partial charge >= 0.3 is 0 Å². The molecule has 3 unspecified atom stereocenters. The van der Waals surface area contributed by atoms with Crippen molar-refractivity contribution in [3.8, 4) is 5.75 Å². The highest BCUT2D eigenvalue weighted by molar-refractivity contribution is 5.14. The average molecular weight is 226 g/mol. The molecule has 1 aromatic heterocycles. The van der Waals surface area contributed by atoms with E-state index in [2.05, 4.69) is 12.0 Å². The number of aliphatic hydroxyl groups is 1. The zero-order valence-corrected chi connectivity index (χ0v) is 9.67. The molecule has 1 fully saturated rings. The number of nitrogens with zero attached hydrogens (tertiary/aromatic N) is 2. The van der Waals surface area contributed by atoms with Gasteiger partial charge in [0.1, 0.15) is 12.2 Å². The van der Waals surface area contributed by atoms with E-state index in [-0.39, 0.29) is 12.2 Å². The van der Waals surface area contributed by atoms with Gasteiger partial charge in [-0.15, -0.1) is 0 Å². The summed E-state index contributed by atoms with van der Waals surface area (Å²) in [5, 5.41) is 13.6. The van der Waals surface area contributed by atoms with Gasteiger partial charge in [-0.05, 0) is 6.42 Å². The maximum absolute atomic E-state index is 9.42. The van der Waals surface area contributed by atoms with Crippen LogP contribution < -0.4 is 4.74 Å². The lowest BCUT2D eigenvalue weighted by molar-refractivity contribution is -0.149. The van der Waals surface area contributed by atoms with E-state index in [1.54, 1.807) is 13.3 Å². The number of rotatable bonds is 5. The molecule has 0 aromatic carbocycles. The first-order valence-electron chi connectivity index (χ1n) is 5.64. The van der Waals surface area contributed by atoms with E-state index in [1.807, 2.05) is 10.9 Å². The van der Waals surface area contributed by atoms with Gasteiger partial charge in [-0.2, -0.15) is 5.10 Å². The van der Waals surface area contributed by atoms with Gasteiger partial charge in [-0.1, -0.05) is 6.92 Å². The van der Waals surface area contributed by atoms with Gasteiger partial charge in [0, 0.05) is 20.1 Å². The predicted octanol–water partition coefficient (Wildman–Crippen LogP) is 0.820. The molecule has 90 valence electrons. The van der Waals surface area contributed by atoms with Crippen molar-refractivity contribution >= 4 is 0 Å². The number of methoxy groups -OCH3 is 1. The molecular formula is C11H18N2O3. The van der Waals surface area contributed by atoms with Crippen molar-refractivity contribution in [2.24, 2.45) is 0 Å². The summed E-state index contributed by atoms with van der Waals surface area (Å²) in [5.41, 5.74) is 0. The van der Waals surface area contributed by atoms with Gasteiger partial charge in [0.05, 0.1) is 18.5 Å². The first kappa shape index (κ1) is 11.4. The Hall–Kier alpha value is -1.07. The molecule has 1 aliphatic rings. The molecular weight excluding hydrogens is 208 g/mol. The molecule has 5 heteroatoms. The summed E-state index contributed by atoms with van der Waals surface area (Å²) in [7, 11) is 1.59. The Bertz CT molecular complexity index is 340. The fraction of sp³-hybridized carbons (Fsp3) is 0.727. The molecule has 1 saturated carbocycles. The maximum Gasteiger partial charge on any atom is 0.157 e. The van der Waals surface area contributed by atoms with Gasteiger partial charge in [0.15, 0.2) is 5.75 Å². The first-order valence-corrected chi connectivity index (χ1v) is 5.64. The van der Waals surface area contributed by atoms with Crippen LogP contribution in [0.15, 0.2) is 12.4 Å². The lowest BCUT2D eigenvalue weighted by atomic mass is 9.88. The van der Waals surface area contributed by atoms with Crippen LogP contribution in [-0.2, 0) is 11.3 Å². The number of aromatic nitrogens is 2. The number of ether oxygens (including phenoxy) is 2. The standard InChI is InChI=1S/C11H18N2O3/c1-3-4-13-7-8(6-12-13)16-10-5-9(14)11(10)15-2/h6-7,9-11,14H,3-5H2,1-2H3. The molecule has 0 radical (unpaired) electrons. The minimum atomic E-state index is -0.402. The average Bonchev–Trinajstić information content (AvgIpc) is 2.66. The summed E-state index contributed by atoms with van der Waals surface area (Å²) in [6.45, 7) is 3.00. The molecule has 1 N–H and O–H groups in total. The minimum Gasteiger partial charge on any atom is -0.484 e. The summed E-state index contributed by atoms with van der Waals surface area (Å²) in [6, 6.07) is 0. The summed E-state index contributed by atoms with van der Waals surface area (Å²) >= 11 is 0. The second kappa shape index (κ2) is 4.84. The fourth-order valence-electron chi connectivity index (χ4n) is 1.91. The van der Waals surface area contributed by atoms with Crippen molar-refractivity contribution in [3.05, 3.63) is 12.4 Å². The molecule has 0 bridgehead atoms. The molecule has 1 heterocycles. The predicted molar refractivity (Wildman–Crippen MR) is 58.4 cm³/mol. The number of hydrogen-bond donors (Lipinski definition) is 1. The largest absolute Gasteiger partial charge is 0.484 e. The van der Waals surface area contributed by atoms with E-state index in [9.17, 15) is 5.11 Å². The monoisotopic (exact) mass is 226 g/mol. The highest BCUT2D eigenvalue weighted by Gasteiger charge is 2.42. The van der Waals surface area contributed by atoms with Crippen molar-refractivity contribution in [1.82, 2.24) is 9.78 Å². The molecule has 0 saturated heterocycles. The van der Waals surface area contributed by atoms with Crippen LogP contribution in [-0.4, -0.2) is 40.3 Å². The molecule has 0 amide bonds. The van der Waals surface area contributed by atoms with Crippen LogP contribution in [0.5, 0.6) is 5.75 Å². The quantitative estimate of drug-likeness (QED) is 0.807. The van der Waals surface area contributed by atoms with E-state index < -0.39 is 6.10 Å². The molecule has 5 nitrogen and oxygen atoms in total. The second-order valence-electron chi connectivity index (χ2n) is 4.10. The Morgan fingerprint density at radius 3 is 3.06 bits per heavy atom. The highest BCUT2D eigenvalue weighted by Crippen LogP contribution is 2.28. The third-order valence-corrected chi connectivity index (χ3v) is 2.84. The van der Waals surface area contributed by atoms with Crippen LogP contribution in [0.1, 0.15) is 19.8 Å². The van der Waals surface area contributed by atoms with Crippen LogP contribution >= 0.6 is 0 Å². The molecule has 1 aromatic rings. The van der Waals surface area contributed by atoms with Gasteiger partial charge in [-0.3, -0.25) is 4.68 Å². The van der Waals surface area contributed by atoms with Gasteiger partial charge in [0.25, 0.3) is 0 Å².